The molecule has 0 radical (unpaired) electrons. The van der Waals surface area contributed by atoms with Crippen LogP contribution < -0.4 is 9.97 Å². The number of carbonyl (C=O) groups is 1. The van der Waals surface area contributed by atoms with E-state index in [9.17, 15) is 4.79 Å². The average molecular weight is 892 g/mol. The van der Waals surface area contributed by atoms with Crippen LogP contribution in [-0.2, 0) is 16.5 Å². The maximum Gasteiger partial charge on any atom is 2.00 e. The summed E-state index contributed by atoms with van der Waals surface area (Å²) in [5, 5.41) is 0. The van der Waals surface area contributed by atoms with Gasteiger partial charge in [0, 0.05) is 16.7 Å². The molecule has 1 N–H and O–H groups in total. The van der Waals surface area contributed by atoms with Crippen molar-refractivity contribution in [1.82, 2.24) is 29.9 Å². The molecule has 2 aliphatic heterocycles. The summed E-state index contributed by atoms with van der Waals surface area (Å²) in [6.07, 6.45) is 6.28. The third kappa shape index (κ3) is 7.20. The van der Waals surface area contributed by atoms with Crippen LogP contribution in [0.4, 0.5) is 0 Å². The topological polar surface area (TPSA) is 99.7 Å². The Bertz CT molecular complexity index is 3700. The molecule has 4 aromatic heterocycles. The second-order valence-corrected chi connectivity index (χ2v) is 16.0. The summed E-state index contributed by atoms with van der Waals surface area (Å²) in [6, 6.07) is 64.5. The van der Waals surface area contributed by atoms with Crippen molar-refractivity contribution in [3.63, 3.8) is 0 Å². The predicted octanol–water partition coefficient (Wildman–Crippen LogP) is 13.1. The molecule has 8 heteroatoms. The van der Waals surface area contributed by atoms with Crippen LogP contribution in [0.1, 0.15) is 44.5 Å². The second kappa shape index (κ2) is 16.9. The molecule has 6 heterocycles. The Morgan fingerprint density at radius 1 is 0.424 bits per heavy atom. The molecule has 2 aliphatic rings. The third-order valence-corrected chi connectivity index (χ3v) is 12.0. The molecule has 0 fully saturated rings. The molecule has 314 valence electrons. The molecule has 10 aromatic rings. The number of hydrogen-bond acceptors (Lipinski definition) is 4. The maximum absolute atomic E-state index is 13.6. The number of nitrogens with one attached hydrogen (secondary N) is 1. The summed E-state index contributed by atoms with van der Waals surface area (Å²) in [7, 11) is 0. The first kappa shape index (κ1) is 40.3. The van der Waals surface area contributed by atoms with Crippen LogP contribution in [0.25, 0.3) is 101 Å². The Labute approximate surface area is 390 Å². The Balaban J connectivity index is 0.00000481. The SMILES string of the molecule is O=C(c1ccccc1)c1ccc2[nH]c(C3=Cc4nc3c(-c3ccccc3)c3ccc([n-]3)c(-c3ccccc3)c3nc(c(-c5ccccc5)c5ccc([n-]5)c4-c4ccccc4)C=C3)nc2c1.[Ni+2]. The van der Waals surface area contributed by atoms with E-state index < -0.39 is 0 Å². The predicted molar refractivity (Wildman–Crippen MR) is 263 cm³/mol. The second-order valence-electron chi connectivity index (χ2n) is 16.0. The number of benzene rings is 6. The van der Waals surface area contributed by atoms with E-state index in [1.807, 2.05) is 121 Å². The molecule has 0 atom stereocenters. The maximum atomic E-state index is 13.6. The van der Waals surface area contributed by atoms with E-state index in [4.69, 9.17) is 24.9 Å². The van der Waals surface area contributed by atoms with Crippen molar-refractivity contribution in [1.29, 1.82) is 0 Å². The van der Waals surface area contributed by atoms with E-state index in [0.717, 1.165) is 94.7 Å². The number of aromatic nitrogens is 6. The fraction of sp³-hybridized carbons (Fsp3) is 0. The van der Waals surface area contributed by atoms with Crippen LogP contribution >= 0.6 is 0 Å². The van der Waals surface area contributed by atoms with Crippen LogP contribution in [0.5, 0.6) is 0 Å². The van der Waals surface area contributed by atoms with E-state index >= 15 is 0 Å². The monoisotopic (exact) mass is 890 g/mol. The van der Waals surface area contributed by atoms with Crippen molar-refractivity contribution in [2.75, 3.05) is 0 Å². The van der Waals surface area contributed by atoms with Crippen molar-refractivity contribution >= 4 is 62.7 Å². The first-order chi connectivity index (χ1) is 32.1. The summed E-state index contributed by atoms with van der Waals surface area (Å²) in [5.41, 5.74) is 17.1. The minimum atomic E-state index is -0.0622. The molecule has 12 rings (SSSR count). The van der Waals surface area contributed by atoms with Crippen molar-refractivity contribution < 1.29 is 21.3 Å². The first-order valence-electron chi connectivity index (χ1n) is 21.5. The minimum Gasteiger partial charge on any atom is -0.657 e. The van der Waals surface area contributed by atoms with E-state index in [1.54, 1.807) is 0 Å². The molecule has 6 aromatic carbocycles. The fourth-order valence-corrected chi connectivity index (χ4v) is 8.98. The number of imidazole rings is 1. The summed E-state index contributed by atoms with van der Waals surface area (Å²) in [4.78, 5) is 44.4. The summed E-state index contributed by atoms with van der Waals surface area (Å²) in [6.45, 7) is 0. The number of nitrogens with zero attached hydrogens (tertiary/aromatic N) is 5. The average Bonchev–Trinajstić information content (AvgIpc) is 4.24. The molecule has 0 saturated heterocycles. The molecule has 66 heavy (non-hydrogen) atoms. The van der Waals surface area contributed by atoms with Gasteiger partial charge in [0.15, 0.2) is 5.78 Å². The largest absolute Gasteiger partial charge is 2.00 e. The van der Waals surface area contributed by atoms with E-state index in [-0.39, 0.29) is 22.3 Å². The molecular formula is C58H36N6NiO. The molecule has 0 unspecified atom stereocenters. The summed E-state index contributed by atoms with van der Waals surface area (Å²) >= 11 is 0. The number of fused-ring (bicyclic) bond motifs is 9. The number of rotatable bonds is 7. The van der Waals surface area contributed by atoms with Gasteiger partial charge in [-0.2, -0.15) is 0 Å². The number of hydrogen-bond donors (Lipinski definition) is 1. The molecule has 0 aliphatic carbocycles. The van der Waals surface area contributed by atoms with Gasteiger partial charge in [0.2, 0.25) is 0 Å². The standard InChI is InChI=1S/C58H37N6O.Ni/c65-57(40-24-14-5-15-25-40)41-26-27-43-50(34-41)64-58(63-43)42-35-51-54(38-20-10-3-11-21-38)48-31-30-46(60-48)52(36-16-6-1-7-17-36)44-28-29-45(59-44)53(37-18-8-2-9-19-37)47-32-33-49(61-47)55(56(42)62-51)39-22-12-4-13-23-39;/h1-35H,(H2-,59,60,61,62,63,64,65);/q-1;+2/p-1. The van der Waals surface area contributed by atoms with Crippen LogP contribution in [0.15, 0.2) is 194 Å². The van der Waals surface area contributed by atoms with Crippen molar-refractivity contribution in [3.05, 3.63) is 234 Å². The van der Waals surface area contributed by atoms with Crippen molar-refractivity contribution in [3.8, 4) is 44.5 Å². The Morgan fingerprint density at radius 3 is 1.36 bits per heavy atom. The molecular weight excluding hydrogens is 855 g/mol. The third-order valence-electron chi connectivity index (χ3n) is 12.0. The van der Waals surface area contributed by atoms with Gasteiger partial charge >= 0.3 is 16.5 Å². The number of ketones is 1. The van der Waals surface area contributed by atoms with E-state index in [0.29, 0.717) is 28.2 Å². The van der Waals surface area contributed by atoms with Gasteiger partial charge in [0.1, 0.15) is 5.82 Å². The quantitative estimate of drug-likeness (QED) is 0.126. The van der Waals surface area contributed by atoms with Gasteiger partial charge < -0.3 is 15.0 Å². The van der Waals surface area contributed by atoms with Gasteiger partial charge in [0.05, 0.1) is 33.8 Å². The van der Waals surface area contributed by atoms with Crippen molar-refractivity contribution in [2.24, 2.45) is 0 Å². The van der Waals surface area contributed by atoms with Gasteiger partial charge in [-0.3, -0.25) is 4.79 Å². The van der Waals surface area contributed by atoms with Gasteiger partial charge in [-0.1, -0.05) is 176 Å². The molecule has 7 nitrogen and oxygen atoms in total. The summed E-state index contributed by atoms with van der Waals surface area (Å²) < 4.78 is 0. The zero-order valence-electron chi connectivity index (χ0n) is 35.2. The zero-order valence-corrected chi connectivity index (χ0v) is 36.2. The smallest absolute Gasteiger partial charge is 0.657 e. The van der Waals surface area contributed by atoms with Crippen LogP contribution in [0.2, 0.25) is 0 Å². The first-order valence-corrected chi connectivity index (χ1v) is 21.5. The molecule has 8 bridgehead atoms. The van der Waals surface area contributed by atoms with Gasteiger partial charge in [-0.05, 0) is 80.9 Å². The molecule has 0 amide bonds. The Kier molecular flexibility index (Phi) is 10.3. The number of aromatic amines is 1. The fourth-order valence-electron chi connectivity index (χ4n) is 8.98. The molecule has 0 spiro atoms. The number of H-pyrrole nitrogens is 1. The number of carbonyl (C=O) groups excluding carboxylic acids is 1. The minimum absolute atomic E-state index is 0. The van der Waals surface area contributed by atoms with Crippen LogP contribution in [-0.4, -0.2) is 25.7 Å². The Morgan fingerprint density at radius 2 is 0.864 bits per heavy atom. The normalized spacial score (nSPS) is 11.9. The molecule has 0 saturated carbocycles. The Hall–Kier alpha value is -8.45. The van der Waals surface area contributed by atoms with Crippen molar-refractivity contribution in [2.45, 2.75) is 0 Å². The van der Waals surface area contributed by atoms with Gasteiger partial charge in [0.25, 0.3) is 0 Å². The van der Waals surface area contributed by atoms with E-state index in [1.165, 1.54) is 0 Å². The van der Waals surface area contributed by atoms with Crippen LogP contribution in [0, 0.1) is 0 Å². The van der Waals surface area contributed by atoms with Gasteiger partial charge in [-0.15, -0.1) is 22.1 Å². The summed E-state index contributed by atoms with van der Waals surface area (Å²) in [5.74, 6) is 0.553. The van der Waals surface area contributed by atoms with Crippen LogP contribution in [0.3, 0.4) is 0 Å². The zero-order chi connectivity index (χ0) is 43.3. The van der Waals surface area contributed by atoms with Gasteiger partial charge in [-0.25, -0.2) is 15.0 Å². The van der Waals surface area contributed by atoms with E-state index in [2.05, 4.69) is 96.0 Å².